The van der Waals surface area contributed by atoms with Gasteiger partial charge in [-0.1, -0.05) is 18.1 Å². The minimum Gasteiger partial charge on any atom is -0.396 e. The van der Waals surface area contributed by atoms with Crippen molar-refractivity contribution in [3.8, 4) is 0 Å². The van der Waals surface area contributed by atoms with E-state index in [1.165, 1.54) is 0 Å². The van der Waals surface area contributed by atoms with Gasteiger partial charge in [0.15, 0.2) is 5.82 Å². The van der Waals surface area contributed by atoms with Crippen LogP contribution in [0.15, 0.2) is 22.8 Å². The Morgan fingerprint density at radius 3 is 2.65 bits per heavy atom. The lowest BCUT2D eigenvalue weighted by Gasteiger charge is -2.19. The molecule has 0 bridgehead atoms. The number of aliphatic hydroxyl groups excluding tert-OH is 1. The Morgan fingerprint density at radius 2 is 1.94 bits per heavy atom. The first-order chi connectivity index (χ1) is 14.9. The lowest BCUT2D eigenvalue weighted by atomic mass is 10.1. The van der Waals surface area contributed by atoms with Gasteiger partial charge in [-0.15, -0.1) is 5.10 Å². The first kappa shape index (κ1) is 23.3. The fourth-order valence-electron chi connectivity index (χ4n) is 3.43. The minimum atomic E-state index is -0.414. The summed E-state index contributed by atoms with van der Waals surface area (Å²) in [4.78, 5) is 9.09. The van der Waals surface area contributed by atoms with Crippen molar-refractivity contribution in [1.29, 1.82) is 0 Å². The predicted octanol–water partition coefficient (Wildman–Crippen LogP) is 4.06. The van der Waals surface area contributed by atoms with Crippen LogP contribution in [0.5, 0.6) is 0 Å². The SMILES string of the molecule is CC(CCCCCO)Nc1nc(N[C@H](C)Cc2cn(C)nn2)nc2c(F)c(Br)ccc12. The van der Waals surface area contributed by atoms with E-state index in [0.717, 1.165) is 31.4 Å². The Labute approximate surface area is 189 Å². The zero-order valence-corrected chi connectivity index (χ0v) is 19.7. The third kappa shape index (κ3) is 6.33. The molecule has 3 aromatic rings. The van der Waals surface area contributed by atoms with Crippen LogP contribution >= 0.6 is 15.9 Å². The second kappa shape index (κ2) is 10.8. The second-order valence-corrected chi connectivity index (χ2v) is 8.76. The van der Waals surface area contributed by atoms with E-state index in [1.807, 2.05) is 26.2 Å². The summed E-state index contributed by atoms with van der Waals surface area (Å²) in [7, 11) is 1.82. The molecule has 0 spiro atoms. The van der Waals surface area contributed by atoms with Gasteiger partial charge in [0, 0.05) is 43.7 Å². The Hall–Kier alpha value is -2.33. The number of aromatic nitrogens is 5. The molecular formula is C21H29BrFN7O. The Bertz CT molecular complexity index is 1010. The van der Waals surface area contributed by atoms with Gasteiger partial charge in [0.2, 0.25) is 5.95 Å². The molecule has 0 aliphatic heterocycles. The lowest BCUT2D eigenvalue weighted by Crippen LogP contribution is -2.22. The maximum atomic E-state index is 14.8. The van der Waals surface area contributed by atoms with Crippen LogP contribution in [0.3, 0.4) is 0 Å². The molecular weight excluding hydrogens is 465 g/mol. The molecule has 8 nitrogen and oxygen atoms in total. The van der Waals surface area contributed by atoms with E-state index in [4.69, 9.17) is 5.11 Å². The average molecular weight is 494 g/mol. The first-order valence-corrected chi connectivity index (χ1v) is 11.3. The average Bonchev–Trinajstić information content (AvgIpc) is 3.13. The van der Waals surface area contributed by atoms with E-state index in [1.54, 1.807) is 10.7 Å². The minimum absolute atomic E-state index is 0.0203. The van der Waals surface area contributed by atoms with E-state index >= 15 is 0 Å². The zero-order valence-electron chi connectivity index (χ0n) is 18.1. The van der Waals surface area contributed by atoms with Crippen molar-refractivity contribution in [2.75, 3.05) is 17.2 Å². The second-order valence-electron chi connectivity index (χ2n) is 7.90. The lowest BCUT2D eigenvalue weighted by molar-refractivity contribution is 0.282. The number of fused-ring (bicyclic) bond motifs is 1. The standard InChI is InChI=1S/C21H29BrFN7O/c1-13(7-5-4-6-10-31)24-20-16-8-9-17(22)18(23)19(16)26-21(27-20)25-14(2)11-15-12-30(3)29-28-15/h8-9,12-14,31H,4-7,10-11H2,1-3H3,(H2,24,25,26,27)/t13?,14-/m1/s1. The molecule has 3 N–H and O–H groups in total. The molecule has 2 heterocycles. The molecule has 1 unspecified atom stereocenters. The highest BCUT2D eigenvalue weighted by molar-refractivity contribution is 9.10. The molecule has 0 amide bonds. The quantitative estimate of drug-likeness (QED) is 0.346. The van der Waals surface area contributed by atoms with Gasteiger partial charge in [-0.25, -0.2) is 9.37 Å². The van der Waals surface area contributed by atoms with Crippen molar-refractivity contribution < 1.29 is 9.50 Å². The number of hydrogen-bond acceptors (Lipinski definition) is 7. The molecule has 0 fully saturated rings. The fourth-order valence-corrected chi connectivity index (χ4v) is 3.75. The van der Waals surface area contributed by atoms with Gasteiger partial charge in [-0.05, 0) is 54.8 Å². The summed E-state index contributed by atoms with van der Waals surface area (Å²) in [6.45, 7) is 4.29. The van der Waals surface area contributed by atoms with E-state index < -0.39 is 5.82 Å². The molecule has 168 valence electrons. The van der Waals surface area contributed by atoms with Gasteiger partial charge in [0.05, 0.1) is 10.2 Å². The molecule has 2 atom stereocenters. The van der Waals surface area contributed by atoms with Crippen molar-refractivity contribution in [3.63, 3.8) is 0 Å². The third-order valence-electron chi connectivity index (χ3n) is 4.98. The molecule has 1 aromatic carbocycles. The highest BCUT2D eigenvalue weighted by Gasteiger charge is 2.17. The van der Waals surface area contributed by atoms with Crippen LogP contribution in [0, 0.1) is 5.82 Å². The molecule has 0 saturated carbocycles. The predicted molar refractivity (Wildman–Crippen MR) is 124 cm³/mol. The Kier molecular flexibility index (Phi) is 8.14. The number of hydrogen-bond donors (Lipinski definition) is 3. The van der Waals surface area contributed by atoms with Crippen LogP contribution in [0.4, 0.5) is 16.2 Å². The van der Waals surface area contributed by atoms with Crippen molar-refractivity contribution >= 4 is 38.6 Å². The highest BCUT2D eigenvalue weighted by Crippen LogP contribution is 2.29. The number of rotatable bonds is 11. The maximum absolute atomic E-state index is 14.8. The van der Waals surface area contributed by atoms with Crippen LogP contribution in [-0.4, -0.2) is 48.8 Å². The van der Waals surface area contributed by atoms with E-state index in [-0.39, 0.29) is 24.2 Å². The summed E-state index contributed by atoms with van der Waals surface area (Å²) < 4.78 is 16.9. The van der Waals surface area contributed by atoms with Gasteiger partial charge in [0.25, 0.3) is 0 Å². The number of halogens is 2. The van der Waals surface area contributed by atoms with Crippen molar-refractivity contribution in [2.24, 2.45) is 7.05 Å². The first-order valence-electron chi connectivity index (χ1n) is 10.5. The number of aliphatic hydroxyl groups is 1. The maximum Gasteiger partial charge on any atom is 0.225 e. The van der Waals surface area contributed by atoms with Crippen molar-refractivity contribution in [3.05, 3.63) is 34.3 Å². The monoisotopic (exact) mass is 493 g/mol. The van der Waals surface area contributed by atoms with Crippen LogP contribution < -0.4 is 10.6 Å². The number of unbranched alkanes of at least 4 members (excludes halogenated alkanes) is 2. The summed E-state index contributed by atoms with van der Waals surface area (Å²) in [5, 5.41) is 24.3. The van der Waals surface area contributed by atoms with Gasteiger partial charge >= 0.3 is 0 Å². The van der Waals surface area contributed by atoms with Crippen molar-refractivity contribution in [1.82, 2.24) is 25.0 Å². The summed E-state index contributed by atoms with van der Waals surface area (Å²) in [5.74, 6) is 0.541. The van der Waals surface area contributed by atoms with Crippen LogP contribution in [0.1, 0.15) is 45.2 Å². The summed E-state index contributed by atoms with van der Waals surface area (Å²) in [6, 6.07) is 3.61. The summed E-state index contributed by atoms with van der Waals surface area (Å²) in [5.41, 5.74) is 1.11. The van der Waals surface area contributed by atoms with Gasteiger partial charge in [-0.3, -0.25) is 4.68 Å². The molecule has 0 aliphatic rings. The van der Waals surface area contributed by atoms with Gasteiger partial charge in [0.1, 0.15) is 11.3 Å². The summed E-state index contributed by atoms with van der Waals surface area (Å²) in [6.07, 6.45) is 6.21. The van der Waals surface area contributed by atoms with E-state index in [9.17, 15) is 4.39 Å². The van der Waals surface area contributed by atoms with Gasteiger partial charge in [-0.2, -0.15) is 4.98 Å². The number of aryl methyl sites for hydroxylation is 1. The molecule has 10 heteroatoms. The largest absolute Gasteiger partial charge is 0.396 e. The normalized spacial score (nSPS) is 13.4. The van der Waals surface area contributed by atoms with E-state index in [0.29, 0.717) is 28.0 Å². The molecule has 31 heavy (non-hydrogen) atoms. The van der Waals surface area contributed by atoms with Gasteiger partial charge < -0.3 is 15.7 Å². The fraction of sp³-hybridized carbons (Fsp3) is 0.524. The number of nitrogens with zero attached hydrogens (tertiary/aromatic N) is 5. The Balaban J connectivity index is 1.81. The van der Waals surface area contributed by atoms with E-state index in [2.05, 4.69) is 53.8 Å². The Morgan fingerprint density at radius 1 is 1.13 bits per heavy atom. The molecule has 0 aliphatic carbocycles. The third-order valence-corrected chi connectivity index (χ3v) is 5.59. The van der Waals surface area contributed by atoms with Crippen LogP contribution in [0.25, 0.3) is 10.9 Å². The molecule has 2 aromatic heterocycles. The smallest absolute Gasteiger partial charge is 0.225 e. The molecule has 0 saturated heterocycles. The molecule has 3 rings (SSSR count). The highest BCUT2D eigenvalue weighted by atomic mass is 79.9. The zero-order chi connectivity index (χ0) is 22.4. The van der Waals surface area contributed by atoms with Crippen LogP contribution in [-0.2, 0) is 13.5 Å². The van der Waals surface area contributed by atoms with Crippen LogP contribution in [0.2, 0.25) is 0 Å². The topological polar surface area (TPSA) is 101 Å². The summed E-state index contributed by atoms with van der Waals surface area (Å²) >= 11 is 3.25. The number of nitrogens with one attached hydrogen (secondary N) is 2. The van der Waals surface area contributed by atoms with Crippen molar-refractivity contribution in [2.45, 2.75) is 58.0 Å². The number of benzene rings is 1. The molecule has 0 radical (unpaired) electrons. The number of anilines is 2.